The van der Waals surface area contributed by atoms with Crippen molar-refractivity contribution in [3.05, 3.63) is 36.4 Å². The van der Waals surface area contributed by atoms with Gasteiger partial charge in [0.2, 0.25) is 5.91 Å². The molecule has 2 aromatic carbocycles. The summed E-state index contributed by atoms with van der Waals surface area (Å²) in [4.78, 5) is 12.8. The van der Waals surface area contributed by atoms with Crippen LogP contribution in [0.1, 0.15) is 39.5 Å². The number of carbonyl (C=O) groups is 1. The average Bonchev–Trinajstić information content (AvgIpc) is 3.06. The largest absolute Gasteiger partial charge is 0.495 e. The molecule has 1 amide bonds. The van der Waals surface area contributed by atoms with Gasteiger partial charge < -0.3 is 19.8 Å². The number of fused-ring (bicyclic) bond motifs is 3. The Morgan fingerprint density at radius 2 is 1.93 bits per heavy atom. The van der Waals surface area contributed by atoms with E-state index in [2.05, 4.69) is 17.6 Å². The van der Waals surface area contributed by atoms with Gasteiger partial charge in [0.25, 0.3) is 0 Å². The molecule has 4 rings (SSSR count). The molecule has 2 N–H and O–H groups in total. The molecule has 1 saturated carbocycles. The zero-order chi connectivity index (χ0) is 19.7. The third kappa shape index (κ3) is 3.59. The van der Waals surface area contributed by atoms with E-state index in [-0.39, 0.29) is 11.9 Å². The molecular formula is C23H28N2O3. The highest BCUT2D eigenvalue weighted by Gasteiger charge is 2.25. The summed E-state index contributed by atoms with van der Waals surface area (Å²) in [5, 5.41) is 8.54. The van der Waals surface area contributed by atoms with Crippen molar-refractivity contribution in [1.82, 2.24) is 5.32 Å². The molecule has 1 fully saturated rings. The van der Waals surface area contributed by atoms with E-state index in [1.165, 1.54) is 19.3 Å². The third-order valence-corrected chi connectivity index (χ3v) is 5.93. The van der Waals surface area contributed by atoms with Crippen molar-refractivity contribution in [2.24, 2.45) is 5.92 Å². The molecule has 0 saturated heterocycles. The van der Waals surface area contributed by atoms with Crippen molar-refractivity contribution in [3.8, 4) is 5.75 Å². The second kappa shape index (κ2) is 7.84. The number of benzene rings is 2. The molecule has 1 aliphatic carbocycles. The van der Waals surface area contributed by atoms with Crippen LogP contribution in [0.25, 0.3) is 21.9 Å². The molecular weight excluding hydrogens is 352 g/mol. The van der Waals surface area contributed by atoms with Crippen LogP contribution in [0.2, 0.25) is 0 Å². The van der Waals surface area contributed by atoms with E-state index in [4.69, 9.17) is 9.15 Å². The monoisotopic (exact) mass is 380 g/mol. The lowest BCUT2D eigenvalue weighted by Crippen LogP contribution is -2.47. The van der Waals surface area contributed by atoms with Gasteiger partial charge >= 0.3 is 0 Å². The van der Waals surface area contributed by atoms with Gasteiger partial charge in [-0.05, 0) is 37.8 Å². The van der Waals surface area contributed by atoms with E-state index in [1.807, 2.05) is 43.3 Å². The Labute approximate surface area is 165 Å². The Morgan fingerprint density at radius 1 is 1.14 bits per heavy atom. The third-order valence-electron chi connectivity index (χ3n) is 5.93. The highest BCUT2D eigenvalue weighted by molar-refractivity contribution is 6.08. The van der Waals surface area contributed by atoms with Gasteiger partial charge in [-0.15, -0.1) is 0 Å². The molecule has 28 heavy (non-hydrogen) atoms. The molecule has 5 heteroatoms. The number of furan rings is 1. The van der Waals surface area contributed by atoms with E-state index in [1.54, 1.807) is 7.11 Å². The molecule has 3 atom stereocenters. The molecule has 5 nitrogen and oxygen atoms in total. The van der Waals surface area contributed by atoms with Crippen molar-refractivity contribution in [3.63, 3.8) is 0 Å². The lowest BCUT2D eigenvalue weighted by atomic mass is 9.85. The standard InChI is InChI=1S/C23H28N2O3/c1-14-8-4-6-10-18(14)24-15(2)23(26)25-19-13-21-17(12-22(19)27-3)16-9-5-7-11-20(16)28-21/h5,7,9,11-15,18,24H,4,6,8,10H2,1-3H3,(H,25,26)/t14-,15-,18-/m0/s1. The second-order valence-corrected chi connectivity index (χ2v) is 7.89. The minimum atomic E-state index is -0.276. The summed E-state index contributed by atoms with van der Waals surface area (Å²) >= 11 is 0. The minimum absolute atomic E-state index is 0.0634. The van der Waals surface area contributed by atoms with Crippen molar-refractivity contribution in [2.45, 2.75) is 51.6 Å². The van der Waals surface area contributed by atoms with Crippen LogP contribution < -0.4 is 15.4 Å². The molecule has 1 aliphatic rings. The summed E-state index contributed by atoms with van der Waals surface area (Å²) in [5.74, 6) is 1.17. The zero-order valence-electron chi connectivity index (χ0n) is 16.7. The first-order valence-corrected chi connectivity index (χ1v) is 10.1. The number of methoxy groups -OCH3 is 1. The van der Waals surface area contributed by atoms with Crippen LogP contribution >= 0.6 is 0 Å². The van der Waals surface area contributed by atoms with E-state index < -0.39 is 0 Å². The maximum Gasteiger partial charge on any atom is 0.241 e. The van der Waals surface area contributed by atoms with Crippen LogP contribution in [-0.2, 0) is 4.79 Å². The Kier molecular flexibility index (Phi) is 5.27. The quantitative estimate of drug-likeness (QED) is 0.647. The fourth-order valence-corrected chi connectivity index (χ4v) is 4.22. The number of rotatable bonds is 5. The van der Waals surface area contributed by atoms with Crippen molar-refractivity contribution in [1.29, 1.82) is 0 Å². The molecule has 3 aromatic rings. The first-order chi connectivity index (χ1) is 13.6. The lowest BCUT2D eigenvalue weighted by Gasteiger charge is -2.31. The van der Waals surface area contributed by atoms with Crippen molar-refractivity contribution < 1.29 is 13.9 Å². The summed E-state index contributed by atoms with van der Waals surface area (Å²) < 4.78 is 11.5. The number of nitrogens with one attached hydrogen (secondary N) is 2. The fourth-order valence-electron chi connectivity index (χ4n) is 4.22. The molecule has 1 heterocycles. The molecule has 0 spiro atoms. The maximum absolute atomic E-state index is 12.8. The molecule has 0 radical (unpaired) electrons. The van der Waals surface area contributed by atoms with Gasteiger partial charge in [0.05, 0.1) is 18.8 Å². The first-order valence-electron chi connectivity index (χ1n) is 10.1. The van der Waals surface area contributed by atoms with E-state index >= 15 is 0 Å². The van der Waals surface area contributed by atoms with Crippen LogP contribution in [0.5, 0.6) is 5.75 Å². The summed E-state index contributed by atoms with van der Waals surface area (Å²) in [6, 6.07) is 11.8. The second-order valence-electron chi connectivity index (χ2n) is 7.89. The van der Waals surface area contributed by atoms with Gasteiger partial charge in [0, 0.05) is 22.9 Å². The topological polar surface area (TPSA) is 63.5 Å². The molecule has 148 valence electrons. The molecule has 0 aliphatic heterocycles. The fraction of sp³-hybridized carbons (Fsp3) is 0.435. The Hall–Kier alpha value is -2.53. The lowest BCUT2D eigenvalue weighted by molar-refractivity contribution is -0.118. The van der Waals surface area contributed by atoms with Gasteiger partial charge in [-0.1, -0.05) is 38.0 Å². The smallest absolute Gasteiger partial charge is 0.241 e. The minimum Gasteiger partial charge on any atom is -0.495 e. The number of carbonyl (C=O) groups excluding carboxylic acids is 1. The summed E-state index contributed by atoms with van der Waals surface area (Å²) in [6.07, 6.45) is 4.87. The Bertz CT molecular complexity index is 994. The number of anilines is 1. The van der Waals surface area contributed by atoms with Crippen molar-refractivity contribution in [2.75, 3.05) is 12.4 Å². The van der Waals surface area contributed by atoms with Crippen LogP contribution in [0, 0.1) is 5.92 Å². The highest BCUT2D eigenvalue weighted by Crippen LogP contribution is 2.36. The van der Waals surface area contributed by atoms with Gasteiger partial charge in [-0.25, -0.2) is 0 Å². The number of para-hydroxylation sites is 1. The zero-order valence-corrected chi connectivity index (χ0v) is 16.7. The van der Waals surface area contributed by atoms with Gasteiger partial charge in [0.1, 0.15) is 16.9 Å². The number of hydrogen-bond donors (Lipinski definition) is 2. The Morgan fingerprint density at radius 3 is 2.71 bits per heavy atom. The Balaban J connectivity index is 1.56. The summed E-state index contributed by atoms with van der Waals surface area (Å²) in [7, 11) is 1.62. The number of amides is 1. The van der Waals surface area contributed by atoms with Crippen LogP contribution in [0.3, 0.4) is 0 Å². The number of hydrogen-bond acceptors (Lipinski definition) is 4. The maximum atomic E-state index is 12.8. The predicted octanol–water partition coefficient (Wildman–Crippen LogP) is 5.09. The van der Waals surface area contributed by atoms with Crippen molar-refractivity contribution >= 4 is 33.5 Å². The SMILES string of the molecule is COc1cc2c(cc1NC(=O)[C@H](C)N[C@H]1CCCC[C@@H]1C)oc1ccccc12. The van der Waals surface area contributed by atoms with Gasteiger partial charge in [0.15, 0.2) is 0 Å². The average molecular weight is 380 g/mol. The van der Waals surface area contributed by atoms with E-state index in [0.717, 1.165) is 28.4 Å². The van der Waals surface area contributed by atoms with E-state index in [9.17, 15) is 4.79 Å². The van der Waals surface area contributed by atoms with E-state index in [0.29, 0.717) is 23.4 Å². The van der Waals surface area contributed by atoms with Gasteiger partial charge in [-0.2, -0.15) is 0 Å². The predicted molar refractivity (Wildman–Crippen MR) is 113 cm³/mol. The first kappa shape index (κ1) is 18.8. The molecule has 1 aromatic heterocycles. The van der Waals surface area contributed by atoms with Gasteiger partial charge in [-0.3, -0.25) is 4.79 Å². The summed E-state index contributed by atoms with van der Waals surface area (Å²) in [6.45, 7) is 4.18. The normalized spacial score (nSPS) is 21.0. The molecule has 0 bridgehead atoms. The van der Waals surface area contributed by atoms with Crippen LogP contribution in [0.15, 0.2) is 40.8 Å². The molecule has 0 unspecified atom stereocenters. The summed E-state index contributed by atoms with van der Waals surface area (Å²) in [5.41, 5.74) is 2.19. The highest BCUT2D eigenvalue weighted by atomic mass is 16.5. The van der Waals surface area contributed by atoms with Crippen LogP contribution in [-0.4, -0.2) is 25.1 Å². The van der Waals surface area contributed by atoms with Crippen LogP contribution in [0.4, 0.5) is 5.69 Å². The number of ether oxygens (including phenoxy) is 1.